The topological polar surface area (TPSA) is 41.6 Å². The third-order valence-corrected chi connectivity index (χ3v) is 2.92. The van der Waals surface area contributed by atoms with Crippen LogP contribution in [0, 0.1) is 5.82 Å². The van der Waals surface area contributed by atoms with Crippen molar-refractivity contribution >= 4 is 18.3 Å². The van der Waals surface area contributed by atoms with Crippen LogP contribution in [0.4, 0.5) is 4.39 Å². The normalized spacial score (nSPS) is 15.6. The predicted octanol–water partition coefficient (Wildman–Crippen LogP) is 1.31. The van der Waals surface area contributed by atoms with Crippen molar-refractivity contribution in [2.45, 2.75) is 0 Å². The average molecular weight is 289 g/mol. The molecule has 1 heterocycles. The molecular formula is C13H18ClFN2O2. The standard InChI is InChI=1S/C13H17FN2O2.ClH/c14-12-3-1-11(2-4-12)13(17)15-5-6-16-7-9-18-10-8-16;/h1-4H,5-10H2,(H,15,17);1H. The highest BCUT2D eigenvalue weighted by Gasteiger charge is 2.10. The third-order valence-electron chi connectivity index (χ3n) is 2.92. The molecule has 0 aromatic heterocycles. The van der Waals surface area contributed by atoms with Crippen LogP contribution in [0.2, 0.25) is 0 Å². The monoisotopic (exact) mass is 288 g/mol. The molecule has 1 aromatic rings. The molecule has 0 saturated carbocycles. The lowest BCUT2D eigenvalue weighted by atomic mass is 10.2. The lowest BCUT2D eigenvalue weighted by molar-refractivity contribution is 0.0383. The van der Waals surface area contributed by atoms with Gasteiger partial charge in [0.05, 0.1) is 13.2 Å². The molecule has 2 rings (SSSR count). The fourth-order valence-corrected chi connectivity index (χ4v) is 1.86. The zero-order chi connectivity index (χ0) is 12.8. The summed E-state index contributed by atoms with van der Waals surface area (Å²) in [6, 6.07) is 5.55. The van der Waals surface area contributed by atoms with Crippen molar-refractivity contribution in [1.82, 2.24) is 10.2 Å². The number of hydrogen-bond donors (Lipinski definition) is 1. The van der Waals surface area contributed by atoms with E-state index in [0.717, 1.165) is 32.8 Å². The van der Waals surface area contributed by atoms with Crippen molar-refractivity contribution < 1.29 is 13.9 Å². The van der Waals surface area contributed by atoms with Crippen molar-refractivity contribution in [2.75, 3.05) is 39.4 Å². The first-order chi connectivity index (χ1) is 8.75. The molecule has 0 aliphatic carbocycles. The molecule has 0 spiro atoms. The summed E-state index contributed by atoms with van der Waals surface area (Å²) in [6.07, 6.45) is 0. The first kappa shape index (κ1) is 15.9. The van der Waals surface area contributed by atoms with Gasteiger partial charge in [-0.1, -0.05) is 0 Å². The second-order valence-corrected chi connectivity index (χ2v) is 4.22. The van der Waals surface area contributed by atoms with Crippen LogP contribution in [0.5, 0.6) is 0 Å². The molecule has 1 N–H and O–H groups in total. The molecular weight excluding hydrogens is 271 g/mol. The van der Waals surface area contributed by atoms with E-state index < -0.39 is 0 Å². The van der Waals surface area contributed by atoms with E-state index in [4.69, 9.17) is 4.74 Å². The molecule has 0 radical (unpaired) electrons. The number of carbonyl (C=O) groups excluding carboxylic acids is 1. The van der Waals surface area contributed by atoms with Gasteiger partial charge in [-0.3, -0.25) is 9.69 Å². The molecule has 0 bridgehead atoms. The summed E-state index contributed by atoms with van der Waals surface area (Å²) < 4.78 is 17.9. The maximum absolute atomic E-state index is 12.7. The van der Waals surface area contributed by atoms with Gasteiger partial charge < -0.3 is 10.1 Å². The quantitative estimate of drug-likeness (QED) is 0.908. The van der Waals surface area contributed by atoms with Crippen molar-refractivity contribution in [3.63, 3.8) is 0 Å². The Morgan fingerprint density at radius 1 is 1.26 bits per heavy atom. The number of nitrogens with zero attached hydrogens (tertiary/aromatic N) is 1. The second-order valence-electron chi connectivity index (χ2n) is 4.22. The first-order valence-corrected chi connectivity index (χ1v) is 6.09. The fraction of sp³-hybridized carbons (Fsp3) is 0.462. The Labute approximate surface area is 118 Å². The van der Waals surface area contributed by atoms with Crippen molar-refractivity contribution in [3.05, 3.63) is 35.6 Å². The highest BCUT2D eigenvalue weighted by Crippen LogP contribution is 2.02. The Kier molecular flexibility index (Phi) is 6.77. The van der Waals surface area contributed by atoms with Crippen LogP contribution in [-0.2, 0) is 4.74 Å². The van der Waals surface area contributed by atoms with Gasteiger partial charge in [0.15, 0.2) is 0 Å². The highest BCUT2D eigenvalue weighted by atomic mass is 35.5. The molecule has 0 unspecified atom stereocenters. The number of amides is 1. The van der Waals surface area contributed by atoms with E-state index in [1.165, 1.54) is 24.3 Å². The minimum atomic E-state index is -0.333. The van der Waals surface area contributed by atoms with E-state index in [1.807, 2.05) is 0 Å². The Bertz CT molecular complexity index is 394. The fourth-order valence-electron chi connectivity index (χ4n) is 1.86. The summed E-state index contributed by atoms with van der Waals surface area (Å²) in [5.41, 5.74) is 0.485. The minimum Gasteiger partial charge on any atom is -0.379 e. The van der Waals surface area contributed by atoms with Gasteiger partial charge in [-0.25, -0.2) is 4.39 Å². The molecule has 4 nitrogen and oxygen atoms in total. The number of morpholine rings is 1. The largest absolute Gasteiger partial charge is 0.379 e. The van der Waals surface area contributed by atoms with Crippen LogP contribution in [0.1, 0.15) is 10.4 Å². The number of halogens is 2. The number of nitrogens with one attached hydrogen (secondary N) is 1. The average Bonchev–Trinajstić information content (AvgIpc) is 2.40. The van der Waals surface area contributed by atoms with E-state index in [-0.39, 0.29) is 24.1 Å². The van der Waals surface area contributed by atoms with Crippen LogP contribution < -0.4 is 5.32 Å². The summed E-state index contributed by atoms with van der Waals surface area (Å²) >= 11 is 0. The highest BCUT2D eigenvalue weighted by molar-refractivity contribution is 5.94. The van der Waals surface area contributed by atoms with E-state index in [1.54, 1.807) is 0 Å². The molecule has 1 amide bonds. The number of hydrogen-bond acceptors (Lipinski definition) is 3. The summed E-state index contributed by atoms with van der Waals surface area (Å²) in [4.78, 5) is 14.0. The lowest BCUT2D eigenvalue weighted by Gasteiger charge is -2.26. The Morgan fingerprint density at radius 3 is 2.53 bits per heavy atom. The van der Waals surface area contributed by atoms with E-state index in [2.05, 4.69) is 10.2 Å². The van der Waals surface area contributed by atoms with Gasteiger partial charge >= 0.3 is 0 Å². The third kappa shape index (κ3) is 5.14. The zero-order valence-electron chi connectivity index (χ0n) is 10.6. The maximum atomic E-state index is 12.7. The van der Waals surface area contributed by atoms with Crippen LogP contribution in [-0.4, -0.2) is 50.2 Å². The van der Waals surface area contributed by atoms with Gasteiger partial charge in [-0.2, -0.15) is 0 Å². The SMILES string of the molecule is Cl.O=C(NCCN1CCOCC1)c1ccc(F)cc1. The molecule has 106 valence electrons. The van der Waals surface area contributed by atoms with Gasteiger partial charge in [0.2, 0.25) is 0 Å². The maximum Gasteiger partial charge on any atom is 0.251 e. The molecule has 6 heteroatoms. The second kappa shape index (κ2) is 8.09. The molecule has 1 fully saturated rings. The van der Waals surface area contributed by atoms with Crippen molar-refractivity contribution in [2.24, 2.45) is 0 Å². The number of benzene rings is 1. The van der Waals surface area contributed by atoms with Gasteiger partial charge in [-0.15, -0.1) is 12.4 Å². The van der Waals surface area contributed by atoms with Crippen molar-refractivity contribution in [1.29, 1.82) is 0 Å². The van der Waals surface area contributed by atoms with Crippen LogP contribution in [0.25, 0.3) is 0 Å². The van der Waals surface area contributed by atoms with E-state index >= 15 is 0 Å². The number of carbonyl (C=O) groups is 1. The number of rotatable bonds is 4. The molecule has 1 aliphatic rings. The number of ether oxygens (including phenoxy) is 1. The van der Waals surface area contributed by atoms with Gasteiger partial charge in [0.25, 0.3) is 5.91 Å². The smallest absolute Gasteiger partial charge is 0.251 e. The Hall–Kier alpha value is -1.17. The van der Waals surface area contributed by atoms with Gasteiger partial charge in [-0.05, 0) is 24.3 Å². The van der Waals surface area contributed by atoms with Crippen molar-refractivity contribution in [3.8, 4) is 0 Å². The predicted molar refractivity (Wildman–Crippen MR) is 73.2 cm³/mol. The van der Waals surface area contributed by atoms with Crippen LogP contribution >= 0.6 is 12.4 Å². The molecule has 0 atom stereocenters. The molecule has 19 heavy (non-hydrogen) atoms. The van der Waals surface area contributed by atoms with E-state index in [9.17, 15) is 9.18 Å². The van der Waals surface area contributed by atoms with Gasteiger partial charge in [0.1, 0.15) is 5.82 Å². The Morgan fingerprint density at radius 2 is 1.89 bits per heavy atom. The van der Waals surface area contributed by atoms with E-state index in [0.29, 0.717) is 12.1 Å². The lowest BCUT2D eigenvalue weighted by Crippen LogP contribution is -2.41. The van der Waals surface area contributed by atoms with Gasteiger partial charge in [0, 0.05) is 31.7 Å². The minimum absolute atomic E-state index is 0. The molecule has 1 saturated heterocycles. The summed E-state index contributed by atoms with van der Waals surface area (Å²) in [7, 11) is 0. The van der Waals surface area contributed by atoms with Crippen LogP contribution in [0.3, 0.4) is 0 Å². The zero-order valence-corrected chi connectivity index (χ0v) is 11.4. The molecule has 1 aliphatic heterocycles. The molecule has 1 aromatic carbocycles. The Balaban J connectivity index is 0.00000180. The van der Waals surface area contributed by atoms with Crippen LogP contribution in [0.15, 0.2) is 24.3 Å². The summed E-state index contributed by atoms with van der Waals surface area (Å²) in [5, 5.41) is 2.82. The first-order valence-electron chi connectivity index (χ1n) is 6.09. The summed E-state index contributed by atoms with van der Waals surface area (Å²) in [5.74, 6) is -0.497. The summed E-state index contributed by atoms with van der Waals surface area (Å²) in [6.45, 7) is 4.74.